The number of nitro groups is 1. The van der Waals surface area contributed by atoms with Gasteiger partial charge >= 0.3 is 5.69 Å². The smallest absolute Gasteiger partial charge is 0.311 e. The van der Waals surface area contributed by atoms with Crippen molar-refractivity contribution in [1.82, 2.24) is 0 Å². The molecule has 21 heavy (non-hydrogen) atoms. The van der Waals surface area contributed by atoms with Gasteiger partial charge in [-0.15, -0.1) is 0 Å². The molecule has 0 amide bonds. The van der Waals surface area contributed by atoms with E-state index in [4.69, 9.17) is 4.74 Å². The van der Waals surface area contributed by atoms with E-state index in [0.29, 0.717) is 18.7 Å². The van der Waals surface area contributed by atoms with Crippen LogP contribution in [0.25, 0.3) is 0 Å². The zero-order chi connectivity index (χ0) is 15.9. The Hall–Kier alpha value is -1.90. The summed E-state index contributed by atoms with van der Waals surface area (Å²) in [7, 11) is 0. The highest BCUT2D eigenvalue weighted by Gasteiger charge is 2.28. The van der Waals surface area contributed by atoms with Crippen LogP contribution in [0.15, 0.2) is 18.2 Å². The van der Waals surface area contributed by atoms with Gasteiger partial charge in [0.15, 0.2) is 5.75 Å². The van der Waals surface area contributed by atoms with E-state index in [1.165, 1.54) is 18.2 Å². The van der Waals surface area contributed by atoms with Gasteiger partial charge in [0.1, 0.15) is 5.54 Å². The van der Waals surface area contributed by atoms with Crippen LogP contribution in [-0.4, -0.2) is 52.2 Å². The standard InChI is InChI=1S/C13H20N2O6/c1-2-5-21-12-6-10(3-4-11(12)15(19)20)14-13(7-16,8-17)9-18/h3-4,6,14,16-18H,2,5,7-9H2,1H3. The average Bonchev–Trinajstić information content (AvgIpc) is 2.50. The molecular formula is C13H20N2O6. The number of benzene rings is 1. The third-order valence-electron chi connectivity index (χ3n) is 2.94. The van der Waals surface area contributed by atoms with E-state index in [1.54, 1.807) is 0 Å². The van der Waals surface area contributed by atoms with Crippen molar-refractivity contribution in [2.24, 2.45) is 0 Å². The number of ether oxygens (including phenoxy) is 1. The second-order valence-corrected chi connectivity index (χ2v) is 4.67. The minimum Gasteiger partial charge on any atom is -0.487 e. The van der Waals surface area contributed by atoms with E-state index in [1.807, 2.05) is 6.92 Å². The Morgan fingerprint density at radius 2 is 1.90 bits per heavy atom. The average molecular weight is 300 g/mol. The number of aliphatic hydroxyl groups is 3. The summed E-state index contributed by atoms with van der Waals surface area (Å²) in [6.07, 6.45) is 0.697. The maximum Gasteiger partial charge on any atom is 0.311 e. The van der Waals surface area contributed by atoms with Gasteiger partial charge in [-0.3, -0.25) is 10.1 Å². The minimum absolute atomic E-state index is 0.0922. The van der Waals surface area contributed by atoms with E-state index in [9.17, 15) is 25.4 Å². The minimum atomic E-state index is -1.31. The Kier molecular flexibility index (Phi) is 6.35. The molecule has 0 radical (unpaired) electrons. The summed E-state index contributed by atoms with van der Waals surface area (Å²) in [5, 5.41) is 41.5. The number of rotatable bonds is 9. The quantitative estimate of drug-likeness (QED) is 0.387. The molecule has 4 N–H and O–H groups in total. The molecule has 0 fully saturated rings. The fraction of sp³-hybridized carbons (Fsp3) is 0.538. The molecule has 0 aliphatic heterocycles. The van der Waals surface area contributed by atoms with Crippen molar-refractivity contribution in [3.8, 4) is 5.75 Å². The van der Waals surface area contributed by atoms with Gasteiger partial charge < -0.3 is 25.4 Å². The van der Waals surface area contributed by atoms with Gasteiger partial charge in [0, 0.05) is 17.8 Å². The SMILES string of the molecule is CCCOc1cc(NC(CO)(CO)CO)ccc1[N+](=O)[O-]. The first-order valence-electron chi connectivity index (χ1n) is 6.54. The second-order valence-electron chi connectivity index (χ2n) is 4.67. The summed E-state index contributed by atoms with van der Waals surface area (Å²) in [5.74, 6) is 0.0922. The van der Waals surface area contributed by atoms with Gasteiger partial charge in [-0.25, -0.2) is 0 Å². The predicted molar refractivity (Wildman–Crippen MR) is 76.5 cm³/mol. The molecule has 0 unspecified atom stereocenters. The van der Waals surface area contributed by atoms with Gasteiger partial charge in [0.25, 0.3) is 0 Å². The summed E-state index contributed by atoms with van der Waals surface area (Å²) in [5.41, 5.74) is -1.08. The Bertz CT molecular complexity index is 467. The number of aliphatic hydroxyl groups excluding tert-OH is 3. The first kappa shape index (κ1) is 17.2. The molecule has 1 aromatic carbocycles. The number of hydrogen-bond acceptors (Lipinski definition) is 7. The van der Waals surface area contributed by atoms with E-state index >= 15 is 0 Å². The maximum absolute atomic E-state index is 10.9. The van der Waals surface area contributed by atoms with Crippen LogP contribution in [0.4, 0.5) is 11.4 Å². The molecule has 118 valence electrons. The number of nitrogens with zero attached hydrogens (tertiary/aromatic N) is 1. The van der Waals surface area contributed by atoms with Crippen molar-refractivity contribution in [1.29, 1.82) is 0 Å². The Balaban J connectivity index is 3.06. The highest BCUT2D eigenvalue weighted by Crippen LogP contribution is 2.31. The molecule has 0 spiro atoms. The Morgan fingerprint density at radius 1 is 1.29 bits per heavy atom. The van der Waals surface area contributed by atoms with Crippen LogP contribution < -0.4 is 10.1 Å². The summed E-state index contributed by atoms with van der Waals surface area (Å²) in [6, 6.07) is 4.10. The lowest BCUT2D eigenvalue weighted by molar-refractivity contribution is -0.385. The lowest BCUT2D eigenvalue weighted by Crippen LogP contribution is -2.49. The molecule has 0 bridgehead atoms. The normalized spacial score (nSPS) is 11.2. The summed E-state index contributed by atoms with van der Waals surface area (Å²) in [4.78, 5) is 10.4. The van der Waals surface area contributed by atoms with Gasteiger partial charge in [0.05, 0.1) is 31.4 Å². The van der Waals surface area contributed by atoms with E-state index in [-0.39, 0.29) is 11.4 Å². The first-order valence-corrected chi connectivity index (χ1v) is 6.54. The van der Waals surface area contributed by atoms with Crippen molar-refractivity contribution in [2.75, 3.05) is 31.7 Å². The largest absolute Gasteiger partial charge is 0.487 e. The molecule has 0 heterocycles. The maximum atomic E-state index is 10.9. The molecule has 1 aromatic rings. The van der Waals surface area contributed by atoms with Crippen molar-refractivity contribution >= 4 is 11.4 Å². The molecule has 8 nitrogen and oxygen atoms in total. The second kappa shape index (κ2) is 7.77. The van der Waals surface area contributed by atoms with E-state index in [0.717, 1.165) is 0 Å². The van der Waals surface area contributed by atoms with Gasteiger partial charge in [-0.2, -0.15) is 0 Å². The van der Waals surface area contributed by atoms with Crippen LogP contribution in [0.5, 0.6) is 5.75 Å². The summed E-state index contributed by atoms with van der Waals surface area (Å²) < 4.78 is 5.33. The fourth-order valence-electron chi connectivity index (χ4n) is 1.65. The van der Waals surface area contributed by atoms with Gasteiger partial charge in [-0.1, -0.05) is 6.92 Å². The third-order valence-corrected chi connectivity index (χ3v) is 2.94. The third kappa shape index (κ3) is 4.28. The molecule has 0 saturated carbocycles. The van der Waals surface area contributed by atoms with Crippen LogP contribution in [-0.2, 0) is 0 Å². The molecule has 8 heteroatoms. The summed E-state index contributed by atoms with van der Waals surface area (Å²) in [6.45, 7) is 0.712. The van der Waals surface area contributed by atoms with Crippen molar-refractivity contribution in [2.45, 2.75) is 18.9 Å². The molecule has 0 aliphatic carbocycles. The molecule has 1 rings (SSSR count). The predicted octanol–water partition coefficient (Wildman–Crippen LogP) is 0.511. The van der Waals surface area contributed by atoms with Crippen LogP contribution in [0.1, 0.15) is 13.3 Å². The monoisotopic (exact) mass is 300 g/mol. The first-order chi connectivity index (χ1) is 10.0. The molecule has 0 atom stereocenters. The van der Waals surface area contributed by atoms with Crippen LogP contribution >= 0.6 is 0 Å². The zero-order valence-corrected chi connectivity index (χ0v) is 11.8. The number of nitro benzene ring substituents is 1. The highest BCUT2D eigenvalue weighted by molar-refractivity contribution is 5.59. The molecule has 0 saturated heterocycles. The topological polar surface area (TPSA) is 125 Å². The van der Waals surface area contributed by atoms with E-state index < -0.39 is 30.3 Å². The van der Waals surface area contributed by atoms with Gasteiger partial charge in [-0.05, 0) is 12.5 Å². The van der Waals surface area contributed by atoms with E-state index in [2.05, 4.69) is 5.32 Å². The molecular weight excluding hydrogens is 280 g/mol. The zero-order valence-electron chi connectivity index (χ0n) is 11.8. The lowest BCUT2D eigenvalue weighted by Gasteiger charge is -2.30. The van der Waals surface area contributed by atoms with Crippen molar-refractivity contribution in [3.63, 3.8) is 0 Å². The van der Waals surface area contributed by atoms with Crippen molar-refractivity contribution in [3.05, 3.63) is 28.3 Å². The number of anilines is 1. The Labute approximate surface area is 122 Å². The van der Waals surface area contributed by atoms with Crippen LogP contribution in [0, 0.1) is 10.1 Å². The molecule has 0 aromatic heterocycles. The summed E-state index contributed by atoms with van der Waals surface area (Å²) >= 11 is 0. The lowest BCUT2D eigenvalue weighted by atomic mass is 10.0. The van der Waals surface area contributed by atoms with Crippen LogP contribution in [0.3, 0.4) is 0 Å². The van der Waals surface area contributed by atoms with Gasteiger partial charge in [0.2, 0.25) is 0 Å². The van der Waals surface area contributed by atoms with Crippen molar-refractivity contribution < 1.29 is 25.0 Å². The van der Waals surface area contributed by atoms with Crippen LogP contribution in [0.2, 0.25) is 0 Å². The number of nitrogens with one attached hydrogen (secondary N) is 1. The molecule has 0 aliphatic rings. The Morgan fingerprint density at radius 3 is 2.38 bits per heavy atom. The number of hydrogen-bond donors (Lipinski definition) is 4. The fourth-order valence-corrected chi connectivity index (χ4v) is 1.65. The highest BCUT2D eigenvalue weighted by atomic mass is 16.6.